The number of nitrogens with zero attached hydrogens (tertiary/aromatic N) is 4. The minimum Gasteiger partial charge on any atom is -0.301 e. The van der Waals surface area contributed by atoms with Crippen molar-refractivity contribution >= 4 is 0 Å². The standard InChI is InChI=1S/C11H18N4/c1-2-11-12-8-15(13-11)10-7-14-5-3-9(10)4-6-14/h8-10H,2-7H2,1H3. The van der Waals surface area contributed by atoms with Crippen LogP contribution in [0.1, 0.15) is 31.6 Å². The zero-order valence-electron chi connectivity index (χ0n) is 9.26. The van der Waals surface area contributed by atoms with Gasteiger partial charge < -0.3 is 4.90 Å². The summed E-state index contributed by atoms with van der Waals surface area (Å²) in [6, 6.07) is 0.584. The summed E-state index contributed by atoms with van der Waals surface area (Å²) >= 11 is 0. The van der Waals surface area contributed by atoms with Gasteiger partial charge in [-0.1, -0.05) is 6.92 Å². The van der Waals surface area contributed by atoms with E-state index in [4.69, 9.17) is 0 Å². The van der Waals surface area contributed by atoms with Crippen LogP contribution in [-0.4, -0.2) is 39.3 Å². The second-order valence-electron chi connectivity index (χ2n) is 4.70. The van der Waals surface area contributed by atoms with Crippen molar-refractivity contribution in [3.05, 3.63) is 12.2 Å². The molecule has 2 bridgehead atoms. The van der Waals surface area contributed by atoms with Gasteiger partial charge in [0.05, 0.1) is 6.04 Å². The smallest absolute Gasteiger partial charge is 0.150 e. The maximum Gasteiger partial charge on any atom is 0.150 e. The maximum absolute atomic E-state index is 4.55. The second-order valence-corrected chi connectivity index (χ2v) is 4.70. The van der Waals surface area contributed by atoms with Crippen LogP contribution in [0.15, 0.2) is 6.33 Å². The lowest BCUT2D eigenvalue weighted by Crippen LogP contribution is -2.48. The van der Waals surface area contributed by atoms with Gasteiger partial charge in [-0.3, -0.25) is 0 Å². The molecule has 0 aromatic carbocycles. The van der Waals surface area contributed by atoms with E-state index in [2.05, 4.69) is 26.6 Å². The predicted octanol–water partition coefficient (Wildman–Crippen LogP) is 1.11. The van der Waals surface area contributed by atoms with Gasteiger partial charge in [0.1, 0.15) is 12.2 Å². The third-order valence-electron chi connectivity index (χ3n) is 3.83. The molecule has 1 unspecified atom stereocenters. The van der Waals surface area contributed by atoms with Gasteiger partial charge in [-0.2, -0.15) is 5.10 Å². The van der Waals surface area contributed by atoms with Crippen LogP contribution >= 0.6 is 0 Å². The van der Waals surface area contributed by atoms with Crippen molar-refractivity contribution < 1.29 is 0 Å². The van der Waals surface area contributed by atoms with Crippen LogP contribution in [-0.2, 0) is 6.42 Å². The van der Waals surface area contributed by atoms with E-state index in [-0.39, 0.29) is 0 Å². The van der Waals surface area contributed by atoms with Crippen molar-refractivity contribution in [3.8, 4) is 0 Å². The Morgan fingerprint density at radius 2 is 2.20 bits per heavy atom. The van der Waals surface area contributed by atoms with Crippen LogP contribution in [0.25, 0.3) is 0 Å². The molecule has 3 aliphatic rings. The Kier molecular flexibility index (Phi) is 2.24. The van der Waals surface area contributed by atoms with Gasteiger partial charge in [-0.25, -0.2) is 9.67 Å². The Labute approximate surface area is 90.3 Å². The zero-order valence-corrected chi connectivity index (χ0v) is 9.26. The molecule has 1 atom stereocenters. The average molecular weight is 206 g/mol. The Balaban J connectivity index is 1.81. The summed E-state index contributed by atoms with van der Waals surface area (Å²) in [6.45, 7) is 5.86. The highest BCUT2D eigenvalue weighted by Gasteiger charge is 2.35. The van der Waals surface area contributed by atoms with E-state index >= 15 is 0 Å². The minimum atomic E-state index is 0.584. The molecule has 1 aromatic heterocycles. The van der Waals surface area contributed by atoms with E-state index < -0.39 is 0 Å². The van der Waals surface area contributed by atoms with Crippen LogP contribution in [0, 0.1) is 5.92 Å². The number of hydrogen-bond acceptors (Lipinski definition) is 3. The summed E-state index contributed by atoms with van der Waals surface area (Å²) in [5, 5.41) is 4.55. The fourth-order valence-corrected chi connectivity index (χ4v) is 2.87. The lowest BCUT2D eigenvalue weighted by Gasteiger charge is -2.44. The average Bonchev–Trinajstić information content (AvgIpc) is 2.79. The maximum atomic E-state index is 4.55. The topological polar surface area (TPSA) is 34.0 Å². The quantitative estimate of drug-likeness (QED) is 0.727. The van der Waals surface area contributed by atoms with Crippen LogP contribution in [0.3, 0.4) is 0 Å². The number of rotatable bonds is 2. The molecule has 0 spiro atoms. The first-order valence-electron chi connectivity index (χ1n) is 5.99. The second kappa shape index (κ2) is 3.59. The SMILES string of the molecule is CCc1ncn(C2CN3CCC2CC3)n1. The van der Waals surface area contributed by atoms with Gasteiger partial charge in [-0.05, 0) is 31.8 Å². The molecule has 4 nitrogen and oxygen atoms in total. The third-order valence-corrected chi connectivity index (χ3v) is 3.83. The van der Waals surface area contributed by atoms with Crippen molar-refractivity contribution in [1.29, 1.82) is 0 Å². The highest BCUT2D eigenvalue weighted by Crippen LogP contribution is 2.34. The summed E-state index contributed by atoms with van der Waals surface area (Å²) in [5.41, 5.74) is 0. The van der Waals surface area contributed by atoms with E-state index in [0.29, 0.717) is 6.04 Å². The first kappa shape index (κ1) is 9.33. The molecule has 3 aliphatic heterocycles. The largest absolute Gasteiger partial charge is 0.301 e. The Bertz CT molecular complexity index is 338. The van der Waals surface area contributed by atoms with Gasteiger partial charge >= 0.3 is 0 Å². The number of hydrogen-bond donors (Lipinski definition) is 0. The normalized spacial score (nSPS) is 34.6. The zero-order chi connectivity index (χ0) is 10.3. The van der Waals surface area contributed by atoms with E-state index in [1.807, 2.05) is 6.33 Å². The van der Waals surface area contributed by atoms with Crippen LogP contribution in [0.2, 0.25) is 0 Å². The Hall–Kier alpha value is -0.900. The van der Waals surface area contributed by atoms with Crippen molar-refractivity contribution in [3.63, 3.8) is 0 Å². The molecule has 3 fully saturated rings. The first-order chi connectivity index (χ1) is 7.36. The van der Waals surface area contributed by atoms with E-state index in [1.54, 1.807) is 0 Å². The molecule has 0 radical (unpaired) electrons. The van der Waals surface area contributed by atoms with Gasteiger partial charge in [-0.15, -0.1) is 0 Å². The van der Waals surface area contributed by atoms with Crippen molar-refractivity contribution in [2.45, 2.75) is 32.2 Å². The molecule has 4 rings (SSSR count). The molecule has 15 heavy (non-hydrogen) atoms. The van der Waals surface area contributed by atoms with E-state index in [9.17, 15) is 0 Å². The Morgan fingerprint density at radius 3 is 2.73 bits per heavy atom. The molecular formula is C11H18N4. The van der Waals surface area contributed by atoms with Gasteiger partial charge in [0.15, 0.2) is 0 Å². The van der Waals surface area contributed by atoms with Gasteiger partial charge in [0.2, 0.25) is 0 Å². The fourth-order valence-electron chi connectivity index (χ4n) is 2.87. The van der Waals surface area contributed by atoms with E-state index in [0.717, 1.165) is 18.2 Å². The molecule has 1 aromatic rings. The minimum absolute atomic E-state index is 0.584. The molecular weight excluding hydrogens is 188 g/mol. The van der Waals surface area contributed by atoms with E-state index in [1.165, 1.54) is 32.5 Å². The van der Waals surface area contributed by atoms with Gasteiger partial charge in [0, 0.05) is 13.0 Å². The molecule has 4 heterocycles. The van der Waals surface area contributed by atoms with Crippen molar-refractivity contribution in [2.75, 3.05) is 19.6 Å². The number of aryl methyl sites for hydroxylation is 1. The monoisotopic (exact) mass is 206 g/mol. The molecule has 0 N–H and O–H groups in total. The first-order valence-corrected chi connectivity index (χ1v) is 5.99. The van der Waals surface area contributed by atoms with Crippen molar-refractivity contribution in [2.24, 2.45) is 5.92 Å². The van der Waals surface area contributed by atoms with Crippen LogP contribution < -0.4 is 0 Å². The molecule has 4 heteroatoms. The summed E-state index contributed by atoms with van der Waals surface area (Å²) < 4.78 is 2.11. The lowest BCUT2D eigenvalue weighted by atomic mass is 9.84. The highest BCUT2D eigenvalue weighted by atomic mass is 15.4. The molecule has 0 amide bonds. The number of fused-ring (bicyclic) bond motifs is 3. The number of piperidine rings is 3. The number of aromatic nitrogens is 3. The predicted molar refractivity (Wildman–Crippen MR) is 57.6 cm³/mol. The molecule has 0 saturated carbocycles. The lowest BCUT2D eigenvalue weighted by molar-refractivity contribution is 0.0509. The highest BCUT2D eigenvalue weighted by molar-refractivity contribution is 4.91. The van der Waals surface area contributed by atoms with Crippen LogP contribution in [0.5, 0.6) is 0 Å². The summed E-state index contributed by atoms with van der Waals surface area (Å²) in [6.07, 6.45) is 5.54. The summed E-state index contributed by atoms with van der Waals surface area (Å²) in [4.78, 5) is 6.88. The van der Waals surface area contributed by atoms with Crippen LogP contribution in [0.4, 0.5) is 0 Å². The fraction of sp³-hybridized carbons (Fsp3) is 0.818. The molecule has 0 aliphatic carbocycles. The third kappa shape index (κ3) is 1.57. The summed E-state index contributed by atoms with van der Waals surface area (Å²) in [7, 11) is 0. The molecule has 82 valence electrons. The Morgan fingerprint density at radius 1 is 1.40 bits per heavy atom. The molecule has 3 saturated heterocycles. The van der Waals surface area contributed by atoms with Gasteiger partial charge in [0.25, 0.3) is 0 Å². The summed E-state index contributed by atoms with van der Waals surface area (Å²) in [5.74, 6) is 1.81. The van der Waals surface area contributed by atoms with Crippen molar-refractivity contribution in [1.82, 2.24) is 19.7 Å².